The summed E-state index contributed by atoms with van der Waals surface area (Å²) in [6.45, 7) is 8.42. The van der Waals surface area contributed by atoms with Crippen LogP contribution in [0.3, 0.4) is 0 Å². The Morgan fingerprint density at radius 2 is 1.83 bits per heavy atom. The molecule has 0 saturated carbocycles. The molecule has 0 aliphatic carbocycles. The third-order valence-corrected chi connectivity index (χ3v) is 8.23. The Hall–Kier alpha value is -2.46. The van der Waals surface area contributed by atoms with Gasteiger partial charge in [0.25, 0.3) is 0 Å². The molecule has 2 atom stereocenters. The van der Waals surface area contributed by atoms with E-state index in [0.29, 0.717) is 18.8 Å². The van der Waals surface area contributed by atoms with Gasteiger partial charge in [-0.2, -0.15) is 0 Å². The molecule has 0 unspecified atom stereocenters. The van der Waals surface area contributed by atoms with Gasteiger partial charge in [0.15, 0.2) is 0 Å². The first-order valence-electron chi connectivity index (χ1n) is 12.5. The minimum absolute atomic E-state index is 0.0311. The standard InChI is InChI=1S/C25H35N5O4S/c1-25(2,3)34-24(33)29-15-18(14-21(29)22(31)28-12-13-35-16-28)27-10-8-17(9-11-27)30-20-7-5-4-6-19(20)26-23(30)32/h4-7,17-18,21H,8-16H2,1-3H3,(H,26,32)/t18-,21-/m0/s1. The molecular formula is C25H35N5O4S. The molecule has 5 rings (SSSR count). The van der Waals surface area contributed by atoms with Gasteiger partial charge in [0.1, 0.15) is 11.6 Å². The molecule has 190 valence electrons. The van der Waals surface area contributed by atoms with E-state index in [-0.39, 0.29) is 23.7 Å². The summed E-state index contributed by atoms with van der Waals surface area (Å²) in [5.74, 6) is 1.66. The van der Waals surface area contributed by atoms with Crippen molar-refractivity contribution in [3.63, 3.8) is 0 Å². The van der Waals surface area contributed by atoms with Crippen molar-refractivity contribution >= 4 is 34.8 Å². The fraction of sp³-hybridized carbons (Fsp3) is 0.640. The fourth-order valence-electron chi connectivity index (χ4n) is 5.58. The molecule has 3 aliphatic heterocycles. The Labute approximate surface area is 209 Å². The van der Waals surface area contributed by atoms with Crippen molar-refractivity contribution in [2.24, 2.45) is 0 Å². The largest absolute Gasteiger partial charge is 0.444 e. The van der Waals surface area contributed by atoms with Gasteiger partial charge < -0.3 is 14.6 Å². The number of fused-ring (bicyclic) bond motifs is 1. The van der Waals surface area contributed by atoms with Crippen LogP contribution in [-0.2, 0) is 9.53 Å². The fourth-order valence-corrected chi connectivity index (χ4v) is 6.53. The number of likely N-dealkylation sites (tertiary alicyclic amines) is 2. The van der Waals surface area contributed by atoms with Gasteiger partial charge >= 0.3 is 11.8 Å². The molecule has 0 radical (unpaired) electrons. The number of rotatable bonds is 3. The quantitative estimate of drug-likeness (QED) is 0.696. The molecule has 10 heteroatoms. The van der Waals surface area contributed by atoms with Crippen molar-refractivity contribution in [2.45, 2.75) is 63.8 Å². The normalized spacial score (nSPS) is 24.4. The Morgan fingerprint density at radius 1 is 1.09 bits per heavy atom. The van der Waals surface area contributed by atoms with Gasteiger partial charge in [-0.3, -0.25) is 19.2 Å². The molecule has 4 heterocycles. The summed E-state index contributed by atoms with van der Waals surface area (Å²) in [5.41, 5.74) is 1.14. The number of thioether (sulfide) groups is 1. The van der Waals surface area contributed by atoms with Gasteiger partial charge in [-0.1, -0.05) is 12.1 Å². The van der Waals surface area contributed by atoms with Gasteiger partial charge in [-0.25, -0.2) is 9.59 Å². The Kier molecular flexibility index (Phi) is 6.61. The maximum absolute atomic E-state index is 13.3. The van der Waals surface area contributed by atoms with E-state index in [1.165, 1.54) is 0 Å². The summed E-state index contributed by atoms with van der Waals surface area (Å²) in [5, 5.41) is 0. The van der Waals surface area contributed by atoms with Gasteiger partial charge in [-0.15, -0.1) is 11.8 Å². The molecule has 3 saturated heterocycles. The number of para-hydroxylation sites is 2. The van der Waals surface area contributed by atoms with Crippen LogP contribution in [0.4, 0.5) is 4.79 Å². The van der Waals surface area contributed by atoms with E-state index >= 15 is 0 Å². The van der Waals surface area contributed by atoms with E-state index in [1.807, 2.05) is 54.5 Å². The number of ether oxygens (including phenoxy) is 1. The third-order valence-electron chi connectivity index (χ3n) is 7.26. The summed E-state index contributed by atoms with van der Waals surface area (Å²) in [7, 11) is 0. The molecule has 0 bridgehead atoms. The first kappa shape index (κ1) is 24.2. The molecule has 3 aliphatic rings. The number of nitrogens with zero attached hydrogens (tertiary/aromatic N) is 4. The van der Waals surface area contributed by atoms with Crippen molar-refractivity contribution in [3.8, 4) is 0 Å². The molecule has 2 aromatic rings. The number of H-pyrrole nitrogens is 1. The number of piperidine rings is 1. The van der Waals surface area contributed by atoms with Crippen LogP contribution in [0.5, 0.6) is 0 Å². The zero-order valence-corrected chi connectivity index (χ0v) is 21.6. The van der Waals surface area contributed by atoms with E-state index in [1.54, 1.807) is 16.7 Å². The molecular weight excluding hydrogens is 466 g/mol. The van der Waals surface area contributed by atoms with Crippen molar-refractivity contribution in [1.29, 1.82) is 0 Å². The molecule has 35 heavy (non-hydrogen) atoms. The Balaban J connectivity index is 1.29. The summed E-state index contributed by atoms with van der Waals surface area (Å²) < 4.78 is 7.57. The average Bonchev–Trinajstić information content (AvgIpc) is 3.55. The van der Waals surface area contributed by atoms with E-state index in [0.717, 1.165) is 49.3 Å². The number of benzene rings is 1. The van der Waals surface area contributed by atoms with Gasteiger partial charge in [0, 0.05) is 44.0 Å². The molecule has 3 fully saturated rings. The lowest BCUT2D eigenvalue weighted by Crippen LogP contribution is -2.48. The predicted molar refractivity (Wildman–Crippen MR) is 137 cm³/mol. The Morgan fingerprint density at radius 3 is 2.51 bits per heavy atom. The number of aromatic amines is 1. The monoisotopic (exact) mass is 501 g/mol. The zero-order valence-electron chi connectivity index (χ0n) is 20.7. The first-order chi connectivity index (χ1) is 16.7. The molecule has 2 amide bonds. The molecule has 1 aromatic heterocycles. The van der Waals surface area contributed by atoms with Crippen LogP contribution in [0, 0.1) is 0 Å². The molecule has 9 nitrogen and oxygen atoms in total. The average molecular weight is 502 g/mol. The number of nitrogens with one attached hydrogen (secondary N) is 1. The van der Waals surface area contributed by atoms with Crippen molar-refractivity contribution in [2.75, 3.05) is 37.8 Å². The third kappa shape index (κ3) is 4.95. The van der Waals surface area contributed by atoms with Crippen LogP contribution >= 0.6 is 11.8 Å². The summed E-state index contributed by atoms with van der Waals surface area (Å²) in [4.78, 5) is 47.9. The maximum atomic E-state index is 13.3. The summed E-state index contributed by atoms with van der Waals surface area (Å²) >= 11 is 1.75. The SMILES string of the molecule is CC(C)(C)OC(=O)N1C[C@@H](N2CCC(n3c(=O)[nH]c4ccccc43)CC2)C[C@H]1C(=O)N1CCSC1. The van der Waals surface area contributed by atoms with E-state index in [2.05, 4.69) is 9.88 Å². The van der Waals surface area contributed by atoms with Gasteiger partial charge in [0.2, 0.25) is 5.91 Å². The highest BCUT2D eigenvalue weighted by molar-refractivity contribution is 7.99. The number of imidazole rings is 1. The predicted octanol–water partition coefficient (Wildman–Crippen LogP) is 2.88. The smallest absolute Gasteiger partial charge is 0.411 e. The second kappa shape index (κ2) is 9.54. The molecule has 0 spiro atoms. The number of hydrogen-bond donors (Lipinski definition) is 1. The van der Waals surface area contributed by atoms with Crippen LogP contribution in [-0.4, -0.2) is 91.7 Å². The van der Waals surface area contributed by atoms with Crippen molar-refractivity contribution in [1.82, 2.24) is 24.3 Å². The Bertz CT molecular complexity index is 1140. The lowest BCUT2D eigenvalue weighted by Gasteiger charge is -2.36. The summed E-state index contributed by atoms with van der Waals surface area (Å²) in [6.07, 6.45) is 1.92. The van der Waals surface area contributed by atoms with E-state index in [9.17, 15) is 14.4 Å². The van der Waals surface area contributed by atoms with Crippen LogP contribution in [0.2, 0.25) is 0 Å². The highest BCUT2D eigenvalue weighted by Gasteiger charge is 2.45. The van der Waals surface area contributed by atoms with Crippen molar-refractivity contribution in [3.05, 3.63) is 34.7 Å². The number of hydrogen-bond acceptors (Lipinski definition) is 6. The first-order valence-corrected chi connectivity index (χ1v) is 13.7. The number of carbonyl (C=O) groups is 2. The van der Waals surface area contributed by atoms with Crippen LogP contribution in [0.25, 0.3) is 11.0 Å². The molecule has 1 aromatic carbocycles. The van der Waals surface area contributed by atoms with Gasteiger partial charge in [0.05, 0.1) is 16.9 Å². The molecule has 1 N–H and O–H groups in total. The van der Waals surface area contributed by atoms with E-state index in [4.69, 9.17) is 4.74 Å². The maximum Gasteiger partial charge on any atom is 0.411 e. The number of carbonyl (C=O) groups excluding carboxylic acids is 2. The number of amides is 2. The second-order valence-corrected chi connectivity index (χ2v) is 11.8. The lowest BCUT2D eigenvalue weighted by atomic mass is 10.0. The van der Waals surface area contributed by atoms with Gasteiger partial charge in [-0.05, 0) is 52.2 Å². The minimum Gasteiger partial charge on any atom is -0.444 e. The number of aromatic nitrogens is 2. The highest BCUT2D eigenvalue weighted by Crippen LogP contribution is 2.32. The van der Waals surface area contributed by atoms with E-state index < -0.39 is 17.7 Å². The minimum atomic E-state index is -0.614. The van der Waals surface area contributed by atoms with Crippen molar-refractivity contribution < 1.29 is 14.3 Å². The zero-order chi connectivity index (χ0) is 24.7. The second-order valence-electron chi connectivity index (χ2n) is 10.8. The van der Waals surface area contributed by atoms with Crippen LogP contribution in [0.1, 0.15) is 46.1 Å². The van der Waals surface area contributed by atoms with Crippen LogP contribution < -0.4 is 5.69 Å². The van der Waals surface area contributed by atoms with Crippen LogP contribution in [0.15, 0.2) is 29.1 Å². The topological polar surface area (TPSA) is 90.9 Å². The lowest BCUT2D eigenvalue weighted by molar-refractivity contribution is -0.134. The highest BCUT2D eigenvalue weighted by atomic mass is 32.2. The summed E-state index contributed by atoms with van der Waals surface area (Å²) in [6, 6.07) is 7.57.